The minimum Gasteiger partial charge on any atom is -0.494 e. The summed E-state index contributed by atoms with van der Waals surface area (Å²) in [5.41, 5.74) is 5.31. The smallest absolute Gasteiger partial charge is 0.123 e. The molecule has 0 bridgehead atoms. The van der Waals surface area contributed by atoms with Gasteiger partial charge in [0.25, 0.3) is 0 Å². The Bertz CT molecular complexity index is 310. The lowest BCUT2D eigenvalue weighted by Crippen LogP contribution is -1.97. The molecule has 0 radical (unpaired) electrons. The van der Waals surface area contributed by atoms with Crippen LogP contribution < -0.4 is 15.2 Å². The number of hydrogen-bond donors (Lipinski definition) is 1. The van der Waals surface area contributed by atoms with Crippen molar-refractivity contribution in [1.82, 2.24) is 0 Å². The van der Waals surface area contributed by atoms with Gasteiger partial charge in [0.2, 0.25) is 0 Å². The average Bonchev–Trinajstić information content (AvgIpc) is 2.26. The maximum atomic E-state index is 5.47. The van der Waals surface area contributed by atoms with Crippen molar-refractivity contribution < 1.29 is 9.47 Å². The maximum Gasteiger partial charge on any atom is 0.123 e. The molecule has 3 heteroatoms. The van der Waals surface area contributed by atoms with Crippen molar-refractivity contribution in [3.63, 3.8) is 0 Å². The van der Waals surface area contributed by atoms with Gasteiger partial charge in [-0.1, -0.05) is 18.2 Å². The van der Waals surface area contributed by atoms with Gasteiger partial charge in [0.15, 0.2) is 0 Å². The number of benzene rings is 1. The van der Waals surface area contributed by atoms with Crippen LogP contribution in [0.4, 0.5) is 0 Å². The summed E-state index contributed by atoms with van der Waals surface area (Å²) in [4.78, 5) is 0. The number of hydrogen-bond acceptors (Lipinski definition) is 3. The highest BCUT2D eigenvalue weighted by Gasteiger charge is 1.95. The molecule has 0 aliphatic carbocycles. The minimum atomic E-state index is 0.535. The topological polar surface area (TPSA) is 44.5 Å². The second-order valence-electron chi connectivity index (χ2n) is 2.93. The van der Waals surface area contributed by atoms with E-state index in [0.29, 0.717) is 19.8 Å². The second-order valence-corrected chi connectivity index (χ2v) is 2.93. The Balaban J connectivity index is 2.46. The first-order valence-electron chi connectivity index (χ1n) is 5.07. The highest BCUT2D eigenvalue weighted by Crippen LogP contribution is 2.19. The largest absolute Gasteiger partial charge is 0.494 e. The van der Waals surface area contributed by atoms with E-state index in [2.05, 4.69) is 0 Å². The van der Waals surface area contributed by atoms with Gasteiger partial charge in [-0.05, 0) is 19.1 Å². The van der Waals surface area contributed by atoms with Gasteiger partial charge in [0.1, 0.15) is 18.1 Å². The highest BCUT2D eigenvalue weighted by atomic mass is 16.5. The number of ether oxygens (including phenoxy) is 2. The third kappa shape index (κ3) is 4.51. The van der Waals surface area contributed by atoms with Crippen molar-refractivity contribution in [2.24, 2.45) is 5.73 Å². The summed E-state index contributed by atoms with van der Waals surface area (Å²) in [6.07, 6.45) is 3.76. The summed E-state index contributed by atoms with van der Waals surface area (Å²) >= 11 is 0. The van der Waals surface area contributed by atoms with Crippen LogP contribution in [0.2, 0.25) is 0 Å². The molecule has 3 nitrogen and oxygen atoms in total. The van der Waals surface area contributed by atoms with E-state index in [-0.39, 0.29) is 0 Å². The molecule has 0 spiro atoms. The van der Waals surface area contributed by atoms with E-state index in [1.165, 1.54) is 0 Å². The zero-order valence-corrected chi connectivity index (χ0v) is 8.98. The van der Waals surface area contributed by atoms with E-state index in [9.17, 15) is 0 Å². The molecule has 82 valence electrons. The van der Waals surface area contributed by atoms with Crippen molar-refractivity contribution in [1.29, 1.82) is 0 Å². The summed E-state index contributed by atoms with van der Waals surface area (Å²) in [7, 11) is 0. The van der Waals surface area contributed by atoms with Gasteiger partial charge < -0.3 is 15.2 Å². The second kappa shape index (κ2) is 6.90. The SMILES string of the molecule is CCOc1cccc(OCC=CCN)c1. The third-order valence-corrected chi connectivity index (χ3v) is 1.77. The molecule has 0 saturated carbocycles. The summed E-state index contributed by atoms with van der Waals surface area (Å²) < 4.78 is 10.8. The molecular weight excluding hydrogens is 190 g/mol. The van der Waals surface area contributed by atoms with E-state index in [1.807, 2.05) is 43.3 Å². The third-order valence-electron chi connectivity index (χ3n) is 1.77. The van der Waals surface area contributed by atoms with Crippen LogP contribution in [0.1, 0.15) is 6.92 Å². The Labute approximate surface area is 90.5 Å². The fourth-order valence-corrected chi connectivity index (χ4v) is 1.13. The summed E-state index contributed by atoms with van der Waals surface area (Å²) in [6, 6.07) is 7.59. The molecule has 0 saturated heterocycles. The van der Waals surface area contributed by atoms with Crippen LogP contribution in [0.25, 0.3) is 0 Å². The number of nitrogens with two attached hydrogens (primary N) is 1. The van der Waals surface area contributed by atoms with Gasteiger partial charge in [-0.2, -0.15) is 0 Å². The molecule has 2 N–H and O–H groups in total. The molecule has 0 aromatic heterocycles. The molecule has 0 unspecified atom stereocenters. The molecule has 1 aromatic carbocycles. The molecule has 0 aliphatic heterocycles. The van der Waals surface area contributed by atoms with Crippen molar-refractivity contribution in [2.45, 2.75) is 6.92 Å². The van der Waals surface area contributed by atoms with Crippen LogP contribution in [0.15, 0.2) is 36.4 Å². The predicted molar refractivity (Wildman–Crippen MR) is 61.3 cm³/mol. The maximum absolute atomic E-state index is 5.47. The van der Waals surface area contributed by atoms with Gasteiger partial charge in [-0.3, -0.25) is 0 Å². The Kier molecular flexibility index (Phi) is 5.33. The summed E-state index contributed by atoms with van der Waals surface area (Å²) in [5.74, 6) is 1.64. The van der Waals surface area contributed by atoms with E-state index in [0.717, 1.165) is 11.5 Å². The normalized spacial score (nSPS) is 10.5. The predicted octanol–water partition coefficient (Wildman–Crippen LogP) is 1.98. The van der Waals surface area contributed by atoms with E-state index >= 15 is 0 Å². The van der Waals surface area contributed by atoms with Crippen LogP contribution in [-0.4, -0.2) is 19.8 Å². The van der Waals surface area contributed by atoms with Crippen molar-refractivity contribution in [3.8, 4) is 11.5 Å². The fraction of sp³-hybridized carbons (Fsp3) is 0.333. The number of rotatable bonds is 6. The Morgan fingerprint density at radius 3 is 2.60 bits per heavy atom. The molecule has 1 aromatic rings. The highest BCUT2D eigenvalue weighted by molar-refractivity contribution is 5.32. The standard InChI is InChI=1S/C12H17NO2/c1-2-14-11-6-5-7-12(10-11)15-9-4-3-8-13/h3-7,10H,2,8-9,13H2,1H3. The van der Waals surface area contributed by atoms with Crippen LogP contribution in [0, 0.1) is 0 Å². The zero-order valence-electron chi connectivity index (χ0n) is 8.98. The molecule has 0 fully saturated rings. The van der Waals surface area contributed by atoms with Crippen LogP contribution in [-0.2, 0) is 0 Å². The first-order valence-corrected chi connectivity index (χ1v) is 5.07. The van der Waals surface area contributed by atoms with Crippen molar-refractivity contribution in [2.75, 3.05) is 19.8 Å². The molecule has 15 heavy (non-hydrogen) atoms. The first-order chi connectivity index (χ1) is 7.36. The Hall–Kier alpha value is -1.48. The zero-order chi connectivity index (χ0) is 10.9. The molecule has 1 rings (SSSR count). The van der Waals surface area contributed by atoms with Crippen LogP contribution in [0.3, 0.4) is 0 Å². The van der Waals surface area contributed by atoms with Gasteiger partial charge in [-0.25, -0.2) is 0 Å². The lowest BCUT2D eigenvalue weighted by atomic mass is 10.3. The van der Waals surface area contributed by atoms with Gasteiger partial charge in [0, 0.05) is 12.6 Å². The van der Waals surface area contributed by atoms with Gasteiger partial charge >= 0.3 is 0 Å². The molecular formula is C12H17NO2. The molecule has 0 heterocycles. The van der Waals surface area contributed by atoms with E-state index in [1.54, 1.807) is 0 Å². The quantitative estimate of drug-likeness (QED) is 0.725. The van der Waals surface area contributed by atoms with Gasteiger partial charge in [0.05, 0.1) is 6.61 Å². The van der Waals surface area contributed by atoms with E-state index < -0.39 is 0 Å². The van der Waals surface area contributed by atoms with Gasteiger partial charge in [-0.15, -0.1) is 0 Å². The summed E-state index contributed by atoms with van der Waals surface area (Å²) in [5, 5.41) is 0. The molecule has 0 aliphatic rings. The minimum absolute atomic E-state index is 0.535. The Morgan fingerprint density at radius 1 is 1.20 bits per heavy atom. The fourth-order valence-electron chi connectivity index (χ4n) is 1.13. The van der Waals surface area contributed by atoms with Crippen molar-refractivity contribution >= 4 is 0 Å². The molecule has 0 atom stereocenters. The van der Waals surface area contributed by atoms with Crippen molar-refractivity contribution in [3.05, 3.63) is 36.4 Å². The lowest BCUT2D eigenvalue weighted by Gasteiger charge is -2.06. The average molecular weight is 207 g/mol. The van der Waals surface area contributed by atoms with E-state index in [4.69, 9.17) is 15.2 Å². The van der Waals surface area contributed by atoms with Crippen LogP contribution >= 0.6 is 0 Å². The summed E-state index contributed by atoms with van der Waals surface area (Å²) in [6.45, 7) is 3.70. The van der Waals surface area contributed by atoms with Crippen LogP contribution in [0.5, 0.6) is 11.5 Å². The lowest BCUT2D eigenvalue weighted by molar-refractivity contribution is 0.330. The first kappa shape index (κ1) is 11.6. The molecule has 0 amide bonds. The monoisotopic (exact) mass is 207 g/mol. The Morgan fingerprint density at radius 2 is 1.93 bits per heavy atom.